The van der Waals surface area contributed by atoms with Crippen LogP contribution in [-0.4, -0.2) is 11.8 Å². The molecular weight excluding hydrogens is 336 g/mol. The van der Waals surface area contributed by atoms with Gasteiger partial charge in [0.25, 0.3) is 0 Å². The van der Waals surface area contributed by atoms with Crippen LogP contribution >= 0.6 is 11.6 Å². The van der Waals surface area contributed by atoms with Crippen molar-refractivity contribution in [3.63, 3.8) is 0 Å². The summed E-state index contributed by atoms with van der Waals surface area (Å²) in [6, 6.07) is 11.1. The largest absolute Gasteiger partial charge is 0.318 e. The maximum absolute atomic E-state index is 12.3. The van der Waals surface area contributed by atoms with E-state index in [0.29, 0.717) is 16.4 Å². The lowest BCUT2D eigenvalue weighted by Gasteiger charge is -2.22. The monoisotopic (exact) mass is 358 g/mol. The van der Waals surface area contributed by atoms with Crippen LogP contribution in [0.1, 0.15) is 37.5 Å². The number of carbonyl (C=O) groups is 2. The molecule has 0 aromatic heterocycles. The summed E-state index contributed by atoms with van der Waals surface area (Å²) in [6.45, 7) is 9.90. The first kappa shape index (κ1) is 19.0. The Bertz CT molecular complexity index is 800. The highest BCUT2D eigenvalue weighted by Gasteiger charge is 2.22. The molecule has 25 heavy (non-hydrogen) atoms. The maximum Gasteiger partial charge on any atom is 0.314 e. The van der Waals surface area contributed by atoms with Crippen LogP contribution in [0, 0.1) is 13.8 Å². The van der Waals surface area contributed by atoms with Crippen LogP contribution in [0.5, 0.6) is 0 Å². The molecular formula is C20H23ClN2O2. The van der Waals surface area contributed by atoms with Gasteiger partial charge in [0.15, 0.2) is 0 Å². The molecule has 0 fully saturated rings. The van der Waals surface area contributed by atoms with Gasteiger partial charge in [0.05, 0.1) is 10.7 Å². The molecule has 0 atom stereocenters. The fourth-order valence-corrected chi connectivity index (χ4v) is 3.04. The van der Waals surface area contributed by atoms with Crippen LogP contribution < -0.4 is 10.6 Å². The van der Waals surface area contributed by atoms with E-state index in [9.17, 15) is 9.59 Å². The molecule has 0 radical (unpaired) electrons. The highest BCUT2D eigenvalue weighted by atomic mass is 35.5. The predicted octanol–water partition coefficient (Wildman–Crippen LogP) is 4.83. The van der Waals surface area contributed by atoms with Crippen molar-refractivity contribution < 1.29 is 9.59 Å². The third-order valence-electron chi connectivity index (χ3n) is 3.86. The maximum atomic E-state index is 12.3. The summed E-state index contributed by atoms with van der Waals surface area (Å²) in [5.41, 5.74) is 3.68. The van der Waals surface area contributed by atoms with Gasteiger partial charge in [-0.3, -0.25) is 9.59 Å². The van der Waals surface area contributed by atoms with E-state index in [4.69, 9.17) is 11.6 Å². The minimum atomic E-state index is -0.752. The summed E-state index contributed by atoms with van der Waals surface area (Å²) in [6.07, 6.45) is 0. The van der Waals surface area contributed by atoms with Crippen LogP contribution in [0.4, 0.5) is 11.4 Å². The predicted molar refractivity (Wildman–Crippen MR) is 103 cm³/mol. The van der Waals surface area contributed by atoms with E-state index in [1.165, 1.54) is 0 Å². The molecule has 0 aliphatic carbocycles. The number of hydrogen-bond acceptors (Lipinski definition) is 2. The standard InChI is InChI=1S/C20H23ClN2O2/c1-12-10-13(2)17(15(21)11-12)23-19(25)18(24)22-16-9-7-6-8-14(16)20(3,4)5/h6-11H,1-5H3,(H,22,24)(H,23,25). The Morgan fingerprint density at radius 1 is 0.960 bits per heavy atom. The topological polar surface area (TPSA) is 58.2 Å². The number of benzene rings is 2. The van der Waals surface area contributed by atoms with Crippen LogP contribution in [0.15, 0.2) is 36.4 Å². The number of para-hydroxylation sites is 1. The van der Waals surface area contributed by atoms with E-state index in [-0.39, 0.29) is 5.41 Å². The zero-order chi connectivity index (χ0) is 18.8. The number of nitrogens with one attached hydrogen (secondary N) is 2. The second-order valence-corrected chi connectivity index (χ2v) is 7.55. The normalized spacial score (nSPS) is 11.1. The van der Waals surface area contributed by atoms with Crippen LogP contribution in [0.2, 0.25) is 5.02 Å². The summed E-state index contributed by atoms with van der Waals surface area (Å²) in [5.74, 6) is -1.48. The van der Waals surface area contributed by atoms with E-state index in [1.807, 2.05) is 58.9 Å². The van der Waals surface area contributed by atoms with Crippen molar-refractivity contribution >= 4 is 34.8 Å². The van der Waals surface area contributed by atoms with Gasteiger partial charge in [-0.05, 0) is 48.1 Å². The molecule has 0 spiro atoms. The second-order valence-electron chi connectivity index (χ2n) is 7.14. The molecule has 2 amide bonds. The van der Waals surface area contributed by atoms with E-state index in [2.05, 4.69) is 10.6 Å². The molecule has 0 aliphatic heterocycles. The first-order valence-corrected chi connectivity index (χ1v) is 8.46. The minimum Gasteiger partial charge on any atom is -0.318 e. The SMILES string of the molecule is Cc1cc(C)c(NC(=O)C(=O)Nc2ccccc2C(C)(C)C)c(Cl)c1. The van der Waals surface area contributed by atoms with E-state index in [1.54, 1.807) is 12.1 Å². The Balaban J connectivity index is 2.19. The van der Waals surface area contributed by atoms with Gasteiger partial charge in [-0.25, -0.2) is 0 Å². The summed E-state index contributed by atoms with van der Waals surface area (Å²) in [4.78, 5) is 24.6. The molecule has 132 valence electrons. The van der Waals surface area contributed by atoms with Gasteiger partial charge in [-0.2, -0.15) is 0 Å². The van der Waals surface area contributed by atoms with Gasteiger partial charge in [-0.1, -0.05) is 56.6 Å². The lowest BCUT2D eigenvalue weighted by atomic mass is 9.86. The van der Waals surface area contributed by atoms with Gasteiger partial charge in [0.2, 0.25) is 0 Å². The zero-order valence-corrected chi connectivity index (χ0v) is 15.9. The van der Waals surface area contributed by atoms with Crippen molar-refractivity contribution in [2.45, 2.75) is 40.0 Å². The van der Waals surface area contributed by atoms with E-state index < -0.39 is 11.8 Å². The third kappa shape index (κ3) is 4.60. The van der Waals surface area contributed by atoms with E-state index in [0.717, 1.165) is 16.7 Å². The van der Waals surface area contributed by atoms with Gasteiger partial charge in [-0.15, -0.1) is 0 Å². The first-order valence-electron chi connectivity index (χ1n) is 8.08. The Morgan fingerprint density at radius 2 is 1.56 bits per heavy atom. The lowest BCUT2D eigenvalue weighted by molar-refractivity contribution is -0.133. The molecule has 2 N–H and O–H groups in total. The van der Waals surface area contributed by atoms with Crippen LogP contribution in [0.3, 0.4) is 0 Å². The van der Waals surface area contributed by atoms with Crippen molar-refractivity contribution in [3.05, 3.63) is 58.1 Å². The molecule has 0 saturated carbocycles. The minimum absolute atomic E-state index is 0.156. The summed E-state index contributed by atoms with van der Waals surface area (Å²) in [5, 5.41) is 5.71. The summed E-state index contributed by atoms with van der Waals surface area (Å²) in [7, 11) is 0. The Kier molecular flexibility index (Phi) is 5.53. The van der Waals surface area contributed by atoms with Crippen molar-refractivity contribution in [1.29, 1.82) is 0 Å². The number of anilines is 2. The third-order valence-corrected chi connectivity index (χ3v) is 4.16. The van der Waals surface area contributed by atoms with Crippen LogP contribution in [0.25, 0.3) is 0 Å². The fourth-order valence-electron chi connectivity index (χ4n) is 2.67. The molecule has 2 aromatic rings. The zero-order valence-electron chi connectivity index (χ0n) is 15.2. The summed E-state index contributed by atoms with van der Waals surface area (Å²) < 4.78 is 0. The lowest BCUT2D eigenvalue weighted by Crippen LogP contribution is -2.30. The van der Waals surface area contributed by atoms with Gasteiger partial charge in [0.1, 0.15) is 0 Å². The number of aryl methyl sites for hydroxylation is 2. The van der Waals surface area contributed by atoms with Crippen molar-refractivity contribution in [2.75, 3.05) is 10.6 Å². The van der Waals surface area contributed by atoms with Gasteiger partial charge >= 0.3 is 11.8 Å². The van der Waals surface area contributed by atoms with Gasteiger partial charge < -0.3 is 10.6 Å². The first-order chi connectivity index (χ1) is 11.6. The average molecular weight is 359 g/mol. The molecule has 0 aliphatic rings. The Labute approximate surface area is 153 Å². The average Bonchev–Trinajstić information content (AvgIpc) is 2.50. The number of hydrogen-bond donors (Lipinski definition) is 2. The molecule has 0 saturated heterocycles. The van der Waals surface area contributed by atoms with E-state index >= 15 is 0 Å². The van der Waals surface area contributed by atoms with Crippen molar-refractivity contribution in [2.24, 2.45) is 0 Å². The molecule has 0 bridgehead atoms. The Morgan fingerprint density at radius 3 is 2.16 bits per heavy atom. The molecule has 0 heterocycles. The highest BCUT2D eigenvalue weighted by Crippen LogP contribution is 2.30. The number of amides is 2. The smallest absolute Gasteiger partial charge is 0.314 e. The highest BCUT2D eigenvalue weighted by molar-refractivity contribution is 6.45. The molecule has 2 aromatic carbocycles. The summed E-state index contributed by atoms with van der Waals surface area (Å²) >= 11 is 6.18. The quantitative estimate of drug-likeness (QED) is 0.755. The number of carbonyl (C=O) groups excluding carboxylic acids is 2. The number of rotatable bonds is 2. The second kappa shape index (κ2) is 7.28. The number of halogens is 1. The molecule has 0 unspecified atom stereocenters. The van der Waals surface area contributed by atoms with Gasteiger partial charge in [0, 0.05) is 5.69 Å². The van der Waals surface area contributed by atoms with Crippen molar-refractivity contribution in [3.8, 4) is 0 Å². The molecule has 2 rings (SSSR count). The molecule has 4 nitrogen and oxygen atoms in total. The fraction of sp³-hybridized carbons (Fsp3) is 0.300. The Hall–Kier alpha value is -2.33. The van der Waals surface area contributed by atoms with Crippen molar-refractivity contribution in [1.82, 2.24) is 0 Å². The van der Waals surface area contributed by atoms with Crippen LogP contribution in [-0.2, 0) is 15.0 Å². The molecule has 5 heteroatoms.